The lowest BCUT2D eigenvalue weighted by atomic mass is 10.1. The molecular weight excluding hydrogens is 432 g/mol. The summed E-state index contributed by atoms with van der Waals surface area (Å²) < 4.78 is 16.1. The van der Waals surface area contributed by atoms with Crippen LogP contribution >= 0.6 is 11.3 Å². The van der Waals surface area contributed by atoms with Crippen LogP contribution in [0.2, 0.25) is 0 Å². The minimum atomic E-state index is -0.443. The Hall–Kier alpha value is -2.94. The lowest BCUT2D eigenvalue weighted by Gasteiger charge is -2.20. The molecule has 1 aromatic heterocycles. The van der Waals surface area contributed by atoms with E-state index in [9.17, 15) is 14.4 Å². The number of amides is 1. The van der Waals surface area contributed by atoms with Crippen molar-refractivity contribution >= 4 is 34.1 Å². The minimum Gasteiger partial charge on any atom is -0.493 e. The van der Waals surface area contributed by atoms with E-state index >= 15 is 0 Å². The van der Waals surface area contributed by atoms with Gasteiger partial charge in [-0.1, -0.05) is 31.1 Å². The van der Waals surface area contributed by atoms with Gasteiger partial charge in [0.1, 0.15) is 4.88 Å². The van der Waals surface area contributed by atoms with Crippen LogP contribution in [0.4, 0.5) is 5.13 Å². The Balaban J connectivity index is 2.21. The summed E-state index contributed by atoms with van der Waals surface area (Å²) >= 11 is 1.14. The van der Waals surface area contributed by atoms with Gasteiger partial charge in [0, 0.05) is 12.1 Å². The van der Waals surface area contributed by atoms with Gasteiger partial charge in [-0.15, -0.1) is 0 Å². The van der Waals surface area contributed by atoms with Crippen LogP contribution < -0.4 is 14.4 Å². The third-order valence-corrected chi connectivity index (χ3v) is 5.85. The molecule has 0 saturated heterocycles. The Morgan fingerprint density at radius 2 is 1.88 bits per heavy atom. The molecule has 0 aliphatic rings. The molecule has 2 rings (SSSR count). The topological polar surface area (TPSA) is 95.0 Å². The molecule has 0 bridgehead atoms. The number of carbonyl (C=O) groups excluding carboxylic acids is 3. The number of ether oxygens (including phenoxy) is 3. The minimum absolute atomic E-state index is 0.0930. The van der Waals surface area contributed by atoms with E-state index in [0.29, 0.717) is 39.3 Å². The normalized spacial score (nSPS) is 10.5. The Morgan fingerprint density at radius 3 is 2.50 bits per heavy atom. The van der Waals surface area contributed by atoms with E-state index < -0.39 is 5.97 Å². The largest absolute Gasteiger partial charge is 0.493 e. The van der Waals surface area contributed by atoms with E-state index in [-0.39, 0.29) is 24.9 Å². The number of hydrogen-bond acceptors (Lipinski definition) is 8. The Morgan fingerprint density at radius 1 is 1.12 bits per heavy atom. The molecule has 0 saturated carbocycles. The van der Waals surface area contributed by atoms with Gasteiger partial charge in [0.15, 0.2) is 29.0 Å². The third kappa shape index (κ3) is 6.53. The number of ketones is 1. The Labute approximate surface area is 192 Å². The van der Waals surface area contributed by atoms with Crippen LogP contribution in [0, 0.1) is 6.92 Å². The van der Waals surface area contributed by atoms with Crippen molar-refractivity contribution in [2.24, 2.45) is 0 Å². The molecule has 32 heavy (non-hydrogen) atoms. The number of methoxy groups -OCH3 is 1. The number of anilines is 1. The number of rotatable bonds is 12. The van der Waals surface area contributed by atoms with E-state index in [4.69, 9.17) is 14.2 Å². The number of nitrogens with zero attached hydrogens (tertiary/aromatic N) is 2. The lowest BCUT2D eigenvalue weighted by molar-refractivity contribution is -0.120. The van der Waals surface area contributed by atoms with Gasteiger partial charge < -0.3 is 14.2 Å². The van der Waals surface area contributed by atoms with Crippen LogP contribution in [0.3, 0.4) is 0 Å². The van der Waals surface area contributed by atoms with Crippen molar-refractivity contribution < 1.29 is 28.6 Å². The number of thiazole rings is 1. The number of hydrogen-bond donors (Lipinski definition) is 0. The number of Topliss-reactive ketones (excluding diaryl/α,β-unsaturated/α-hetero) is 1. The molecule has 1 aromatic carbocycles. The lowest BCUT2D eigenvalue weighted by Crippen LogP contribution is -2.35. The van der Waals surface area contributed by atoms with Crippen LogP contribution in [0.25, 0.3) is 0 Å². The third-order valence-electron chi connectivity index (χ3n) is 4.68. The Kier molecular flexibility index (Phi) is 9.64. The highest BCUT2D eigenvalue weighted by Gasteiger charge is 2.24. The summed E-state index contributed by atoms with van der Waals surface area (Å²) in [6, 6.07) is 4.81. The molecule has 1 amide bonds. The second-order valence-corrected chi connectivity index (χ2v) is 8.07. The zero-order chi connectivity index (χ0) is 23.7. The van der Waals surface area contributed by atoms with Crippen LogP contribution in [-0.4, -0.2) is 49.5 Å². The first-order valence-corrected chi connectivity index (χ1v) is 11.4. The molecule has 0 fully saturated rings. The van der Waals surface area contributed by atoms with Crippen molar-refractivity contribution in [1.29, 1.82) is 0 Å². The fraction of sp³-hybridized carbons (Fsp3) is 0.478. The number of benzene rings is 1. The number of aryl methyl sites for hydroxylation is 1. The fourth-order valence-corrected chi connectivity index (χ4v) is 3.96. The molecule has 174 valence electrons. The molecule has 0 radical (unpaired) electrons. The predicted octanol–water partition coefficient (Wildman–Crippen LogP) is 4.44. The highest BCUT2D eigenvalue weighted by Crippen LogP contribution is 2.30. The fourth-order valence-electron chi connectivity index (χ4n) is 2.95. The van der Waals surface area contributed by atoms with E-state index in [2.05, 4.69) is 11.9 Å². The first-order chi connectivity index (χ1) is 15.3. The van der Waals surface area contributed by atoms with Gasteiger partial charge in [-0.3, -0.25) is 14.5 Å². The van der Waals surface area contributed by atoms with Crippen molar-refractivity contribution in [3.63, 3.8) is 0 Å². The summed E-state index contributed by atoms with van der Waals surface area (Å²) in [5.74, 6) is -0.0894. The van der Waals surface area contributed by atoms with E-state index in [0.717, 1.165) is 30.6 Å². The molecule has 2 aromatic rings. The molecule has 0 N–H and O–H groups in total. The van der Waals surface area contributed by atoms with Crippen LogP contribution in [0.5, 0.6) is 11.5 Å². The number of esters is 1. The summed E-state index contributed by atoms with van der Waals surface area (Å²) in [6.45, 7) is 7.50. The van der Waals surface area contributed by atoms with Crippen molar-refractivity contribution in [2.75, 3.05) is 31.8 Å². The first kappa shape index (κ1) is 25.3. The zero-order valence-corrected chi connectivity index (χ0v) is 20.0. The zero-order valence-electron chi connectivity index (χ0n) is 19.2. The molecule has 0 aliphatic carbocycles. The summed E-state index contributed by atoms with van der Waals surface area (Å²) in [7, 11) is 1.47. The summed E-state index contributed by atoms with van der Waals surface area (Å²) in [5.41, 5.74) is 1.02. The molecule has 0 atom stereocenters. The summed E-state index contributed by atoms with van der Waals surface area (Å²) in [6.07, 6.45) is 2.76. The van der Waals surface area contributed by atoms with Crippen LogP contribution in [0.15, 0.2) is 18.2 Å². The highest BCUT2D eigenvalue weighted by atomic mass is 32.1. The second-order valence-electron chi connectivity index (χ2n) is 7.09. The molecule has 0 unspecified atom stereocenters. The highest BCUT2D eigenvalue weighted by molar-refractivity contribution is 7.17. The molecule has 0 spiro atoms. The second kappa shape index (κ2) is 12.2. The number of carbonyl (C=O) groups is 3. The number of aromatic nitrogens is 1. The maximum Gasteiger partial charge on any atom is 0.350 e. The maximum absolute atomic E-state index is 13.1. The Bertz CT molecular complexity index is 956. The van der Waals surface area contributed by atoms with Crippen LogP contribution in [0.1, 0.15) is 65.8 Å². The van der Waals surface area contributed by atoms with Gasteiger partial charge >= 0.3 is 5.97 Å². The quantitative estimate of drug-likeness (QED) is 0.261. The van der Waals surface area contributed by atoms with E-state index in [1.54, 1.807) is 36.9 Å². The van der Waals surface area contributed by atoms with Gasteiger partial charge in [0.2, 0.25) is 0 Å². The van der Waals surface area contributed by atoms with E-state index in [1.807, 2.05) is 0 Å². The van der Waals surface area contributed by atoms with Gasteiger partial charge in [-0.2, -0.15) is 0 Å². The van der Waals surface area contributed by atoms with Crippen molar-refractivity contribution in [1.82, 2.24) is 4.98 Å². The SMILES string of the molecule is CCCCCN(C(=O)COc1ccc(C(C)=O)cc1OC)c1nc(C)c(C(=O)OCC)s1. The molecule has 1 heterocycles. The first-order valence-electron chi connectivity index (χ1n) is 10.6. The van der Waals surface area contributed by atoms with Gasteiger partial charge in [-0.05, 0) is 45.4 Å². The average molecular weight is 463 g/mol. The van der Waals surface area contributed by atoms with Gasteiger partial charge in [0.05, 0.1) is 19.4 Å². The molecule has 0 aliphatic heterocycles. The predicted molar refractivity (Wildman–Crippen MR) is 123 cm³/mol. The number of unbranched alkanes of at least 4 members (excludes halogenated alkanes) is 2. The van der Waals surface area contributed by atoms with Crippen molar-refractivity contribution in [3.05, 3.63) is 34.3 Å². The summed E-state index contributed by atoms with van der Waals surface area (Å²) in [4.78, 5) is 43.2. The van der Waals surface area contributed by atoms with Crippen molar-refractivity contribution in [2.45, 2.75) is 47.0 Å². The monoisotopic (exact) mass is 462 g/mol. The molecule has 8 nitrogen and oxygen atoms in total. The smallest absolute Gasteiger partial charge is 0.350 e. The summed E-state index contributed by atoms with van der Waals surface area (Å²) in [5, 5.41) is 0.439. The maximum atomic E-state index is 13.1. The average Bonchev–Trinajstić information content (AvgIpc) is 3.16. The van der Waals surface area contributed by atoms with Crippen molar-refractivity contribution in [3.8, 4) is 11.5 Å². The molecular formula is C23H30N2O6S. The van der Waals surface area contributed by atoms with E-state index in [1.165, 1.54) is 14.0 Å². The molecule has 9 heteroatoms. The van der Waals surface area contributed by atoms with Gasteiger partial charge in [0.25, 0.3) is 5.91 Å². The standard InChI is InChI=1S/C23H30N2O6S/c1-6-8-9-12-25(23-24-15(3)21(32-23)22(28)30-7-2)20(27)14-31-18-11-10-17(16(4)26)13-19(18)29-5/h10-11,13H,6-9,12,14H2,1-5H3. The van der Waals surface area contributed by atoms with Crippen LogP contribution in [-0.2, 0) is 9.53 Å². The van der Waals surface area contributed by atoms with Gasteiger partial charge in [-0.25, -0.2) is 9.78 Å².